The number of benzene rings is 2. The van der Waals surface area contributed by atoms with Crippen LogP contribution < -0.4 is 15.2 Å². The summed E-state index contributed by atoms with van der Waals surface area (Å²) in [5.74, 6) is 0.642. The van der Waals surface area contributed by atoms with E-state index in [2.05, 4.69) is 0 Å². The Kier molecular flexibility index (Phi) is 5.17. The van der Waals surface area contributed by atoms with Crippen molar-refractivity contribution in [1.29, 1.82) is 0 Å². The number of halogens is 1. The number of ether oxygens (including phenoxy) is 2. The van der Waals surface area contributed by atoms with Crippen LogP contribution >= 0.6 is 0 Å². The fourth-order valence-electron chi connectivity index (χ4n) is 2.27. The third-order valence-corrected chi connectivity index (χ3v) is 3.29. The summed E-state index contributed by atoms with van der Waals surface area (Å²) in [6.07, 6.45) is 0.533. The lowest BCUT2D eigenvalue weighted by Crippen LogP contribution is -2.15. The highest BCUT2D eigenvalue weighted by atomic mass is 19.1. The Hall–Kier alpha value is -2.07. The Bertz CT molecular complexity index is 601. The van der Waals surface area contributed by atoms with Crippen LogP contribution in [-0.2, 0) is 6.42 Å². The summed E-state index contributed by atoms with van der Waals surface area (Å²) >= 11 is 0. The highest BCUT2D eigenvalue weighted by Gasteiger charge is 2.13. The van der Waals surface area contributed by atoms with Crippen molar-refractivity contribution in [1.82, 2.24) is 0 Å². The van der Waals surface area contributed by atoms with Gasteiger partial charge in [-0.15, -0.1) is 0 Å². The molecule has 0 bridgehead atoms. The maximum atomic E-state index is 13.7. The van der Waals surface area contributed by atoms with Crippen molar-refractivity contribution in [3.05, 3.63) is 59.4 Å². The van der Waals surface area contributed by atoms with E-state index in [0.717, 1.165) is 16.9 Å². The van der Waals surface area contributed by atoms with Crippen LogP contribution in [0.2, 0.25) is 0 Å². The molecule has 0 saturated heterocycles. The summed E-state index contributed by atoms with van der Waals surface area (Å²) in [7, 11) is 1.45. The lowest BCUT2D eigenvalue weighted by molar-refractivity contribution is 0.334. The van der Waals surface area contributed by atoms with E-state index in [1.54, 1.807) is 6.07 Å². The number of nitrogens with two attached hydrogens (primary N) is 1. The molecule has 0 aliphatic carbocycles. The van der Waals surface area contributed by atoms with Crippen LogP contribution in [0.3, 0.4) is 0 Å². The number of hydrogen-bond acceptors (Lipinski definition) is 3. The first-order chi connectivity index (χ1) is 10.2. The Morgan fingerprint density at radius 3 is 2.57 bits per heavy atom. The highest BCUT2D eigenvalue weighted by molar-refractivity contribution is 5.37. The van der Waals surface area contributed by atoms with Gasteiger partial charge in [0.25, 0.3) is 0 Å². The first kappa shape index (κ1) is 15.3. The predicted octanol–water partition coefficient (Wildman–Crippen LogP) is 3.48. The molecule has 112 valence electrons. The lowest BCUT2D eigenvalue weighted by Gasteiger charge is -2.17. The summed E-state index contributed by atoms with van der Waals surface area (Å²) < 4.78 is 24.2. The largest absolute Gasteiger partial charge is 0.494 e. The molecule has 2 N–H and O–H groups in total. The molecular formula is C17H20FNO2. The minimum absolute atomic E-state index is 0.238. The second-order valence-electron chi connectivity index (χ2n) is 4.75. The van der Waals surface area contributed by atoms with E-state index in [9.17, 15) is 4.39 Å². The van der Waals surface area contributed by atoms with Gasteiger partial charge < -0.3 is 15.2 Å². The van der Waals surface area contributed by atoms with Crippen LogP contribution in [0.15, 0.2) is 42.5 Å². The first-order valence-electron chi connectivity index (χ1n) is 6.95. The smallest absolute Gasteiger partial charge is 0.165 e. The summed E-state index contributed by atoms with van der Waals surface area (Å²) in [6, 6.07) is 12.3. The van der Waals surface area contributed by atoms with Crippen LogP contribution in [0.5, 0.6) is 11.5 Å². The molecule has 0 fully saturated rings. The summed E-state index contributed by atoms with van der Waals surface area (Å²) in [6.45, 7) is 2.52. The van der Waals surface area contributed by atoms with Crippen molar-refractivity contribution in [2.75, 3.05) is 13.7 Å². The molecule has 0 aliphatic rings. The van der Waals surface area contributed by atoms with Crippen LogP contribution in [-0.4, -0.2) is 13.7 Å². The second-order valence-corrected chi connectivity index (χ2v) is 4.75. The molecule has 21 heavy (non-hydrogen) atoms. The zero-order valence-electron chi connectivity index (χ0n) is 12.3. The fraction of sp³-hybridized carbons (Fsp3) is 0.294. The van der Waals surface area contributed by atoms with Gasteiger partial charge in [-0.3, -0.25) is 0 Å². The van der Waals surface area contributed by atoms with E-state index >= 15 is 0 Å². The standard InChI is InChI=1S/C17H20FNO2/c1-3-21-16-7-5-4-6-13(16)15(19)11-12-8-9-17(20-2)14(18)10-12/h4-10,15H,3,11,19H2,1-2H3. The monoisotopic (exact) mass is 289 g/mol. The van der Waals surface area contributed by atoms with Crippen molar-refractivity contribution in [3.63, 3.8) is 0 Å². The third kappa shape index (κ3) is 3.73. The molecule has 0 aromatic heterocycles. The lowest BCUT2D eigenvalue weighted by atomic mass is 9.98. The maximum absolute atomic E-state index is 13.7. The van der Waals surface area contributed by atoms with Crippen LogP contribution in [0.4, 0.5) is 4.39 Å². The van der Waals surface area contributed by atoms with E-state index in [-0.39, 0.29) is 17.6 Å². The SMILES string of the molecule is CCOc1ccccc1C(N)Cc1ccc(OC)c(F)c1. The zero-order chi connectivity index (χ0) is 15.2. The summed E-state index contributed by atoms with van der Waals surface area (Å²) in [5, 5.41) is 0. The van der Waals surface area contributed by atoms with Crippen molar-refractivity contribution < 1.29 is 13.9 Å². The molecule has 0 heterocycles. The Morgan fingerprint density at radius 1 is 1.14 bits per heavy atom. The molecule has 2 aromatic carbocycles. The van der Waals surface area contributed by atoms with Gasteiger partial charge >= 0.3 is 0 Å². The van der Waals surface area contributed by atoms with Crippen LogP contribution in [0.25, 0.3) is 0 Å². The van der Waals surface area contributed by atoms with Gasteiger partial charge in [-0.2, -0.15) is 0 Å². The van der Waals surface area contributed by atoms with Gasteiger partial charge in [0.1, 0.15) is 5.75 Å². The molecule has 0 radical (unpaired) electrons. The minimum Gasteiger partial charge on any atom is -0.494 e. The van der Waals surface area contributed by atoms with Gasteiger partial charge in [0, 0.05) is 11.6 Å². The number of hydrogen-bond donors (Lipinski definition) is 1. The Labute approximate surface area is 124 Å². The zero-order valence-corrected chi connectivity index (χ0v) is 12.3. The van der Waals surface area contributed by atoms with Crippen molar-refractivity contribution in [2.24, 2.45) is 5.73 Å². The average Bonchev–Trinajstić information content (AvgIpc) is 2.48. The molecule has 4 heteroatoms. The van der Waals surface area contributed by atoms with Gasteiger partial charge in [-0.25, -0.2) is 4.39 Å². The van der Waals surface area contributed by atoms with Crippen LogP contribution in [0.1, 0.15) is 24.1 Å². The molecule has 0 aliphatic heterocycles. The fourth-order valence-corrected chi connectivity index (χ4v) is 2.27. The number of methoxy groups -OCH3 is 1. The Balaban J connectivity index is 2.18. The van der Waals surface area contributed by atoms with E-state index in [1.807, 2.05) is 37.3 Å². The highest BCUT2D eigenvalue weighted by Crippen LogP contribution is 2.27. The topological polar surface area (TPSA) is 44.5 Å². The average molecular weight is 289 g/mol. The molecule has 0 saturated carbocycles. The molecule has 1 atom stereocenters. The van der Waals surface area contributed by atoms with Crippen molar-refractivity contribution in [2.45, 2.75) is 19.4 Å². The number of para-hydroxylation sites is 1. The normalized spacial score (nSPS) is 12.0. The quantitative estimate of drug-likeness (QED) is 0.885. The maximum Gasteiger partial charge on any atom is 0.165 e. The Morgan fingerprint density at radius 2 is 1.90 bits per heavy atom. The second kappa shape index (κ2) is 7.09. The van der Waals surface area contributed by atoms with Gasteiger partial charge in [-0.05, 0) is 37.1 Å². The molecule has 1 unspecified atom stereocenters. The van der Waals surface area contributed by atoms with E-state index in [0.29, 0.717) is 13.0 Å². The molecule has 3 nitrogen and oxygen atoms in total. The van der Waals surface area contributed by atoms with E-state index < -0.39 is 0 Å². The van der Waals surface area contributed by atoms with E-state index in [1.165, 1.54) is 13.2 Å². The minimum atomic E-state index is -0.375. The van der Waals surface area contributed by atoms with Crippen LogP contribution in [0, 0.1) is 5.82 Å². The summed E-state index contributed by atoms with van der Waals surface area (Å²) in [4.78, 5) is 0. The van der Waals surface area contributed by atoms with Gasteiger partial charge in [0.15, 0.2) is 11.6 Å². The van der Waals surface area contributed by atoms with E-state index in [4.69, 9.17) is 15.2 Å². The molecular weight excluding hydrogens is 269 g/mol. The molecule has 2 rings (SSSR count). The predicted molar refractivity (Wildman–Crippen MR) is 81.2 cm³/mol. The first-order valence-corrected chi connectivity index (χ1v) is 6.95. The molecule has 2 aromatic rings. The van der Waals surface area contributed by atoms with Gasteiger partial charge in [0.05, 0.1) is 13.7 Å². The molecule has 0 amide bonds. The third-order valence-electron chi connectivity index (χ3n) is 3.29. The number of rotatable bonds is 6. The van der Waals surface area contributed by atoms with Gasteiger partial charge in [-0.1, -0.05) is 24.3 Å². The molecule has 0 spiro atoms. The summed E-state index contributed by atoms with van der Waals surface area (Å²) in [5.41, 5.74) is 8.00. The van der Waals surface area contributed by atoms with Crippen molar-refractivity contribution in [3.8, 4) is 11.5 Å². The van der Waals surface area contributed by atoms with Crippen molar-refractivity contribution >= 4 is 0 Å². The van der Waals surface area contributed by atoms with Gasteiger partial charge in [0.2, 0.25) is 0 Å².